The molecule has 3 aromatic carbocycles. The van der Waals surface area contributed by atoms with Gasteiger partial charge < -0.3 is 37.9 Å². The summed E-state index contributed by atoms with van der Waals surface area (Å²) in [5, 5.41) is 0. The molecule has 260 valence electrons. The highest BCUT2D eigenvalue weighted by molar-refractivity contribution is 5.92. The molecule has 0 atom stereocenters. The lowest BCUT2D eigenvalue weighted by Gasteiger charge is -2.11. The van der Waals surface area contributed by atoms with Gasteiger partial charge >= 0.3 is 23.9 Å². The van der Waals surface area contributed by atoms with Crippen LogP contribution < -0.4 is 18.9 Å². The minimum absolute atomic E-state index is 0.126. The second-order valence-corrected chi connectivity index (χ2v) is 10.5. The summed E-state index contributed by atoms with van der Waals surface area (Å²) in [7, 11) is 0. The number of aryl methyl sites for hydroxylation is 1. The molecular weight excluding hydrogens is 636 g/mol. The van der Waals surface area contributed by atoms with Crippen molar-refractivity contribution >= 4 is 23.9 Å². The van der Waals surface area contributed by atoms with E-state index in [2.05, 4.69) is 13.2 Å². The zero-order chi connectivity index (χ0) is 35.6. The average molecular weight is 677 g/mol. The number of benzene rings is 3. The molecule has 0 radical (unpaired) electrons. The molecule has 0 N–H and O–H groups in total. The first-order valence-electron chi connectivity index (χ1n) is 15.3. The molecule has 0 saturated heterocycles. The third-order valence-electron chi connectivity index (χ3n) is 6.35. The molecule has 3 aromatic rings. The molecule has 0 aliphatic heterocycles. The van der Waals surface area contributed by atoms with Gasteiger partial charge in [0, 0.05) is 11.1 Å². The van der Waals surface area contributed by atoms with Crippen molar-refractivity contribution in [2.75, 3.05) is 52.9 Å². The fourth-order valence-corrected chi connectivity index (χ4v) is 3.77. The summed E-state index contributed by atoms with van der Waals surface area (Å²) < 4.78 is 42.8. The average Bonchev–Trinajstić information content (AvgIpc) is 3.08. The van der Waals surface area contributed by atoms with Crippen molar-refractivity contribution < 1.29 is 57.1 Å². The largest absolute Gasteiger partial charge is 0.491 e. The maximum atomic E-state index is 12.7. The lowest BCUT2D eigenvalue weighted by atomic mass is 10.2. The Balaban J connectivity index is 1.37. The minimum Gasteiger partial charge on any atom is -0.491 e. The van der Waals surface area contributed by atoms with Crippen LogP contribution in [0, 0.1) is 6.92 Å². The van der Waals surface area contributed by atoms with E-state index < -0.39 is 23.9 Å². The van der Waals surface area contributed by atoms with Gasteiger partial charge in [-0.2, -0.15) is 0 Å². The summed E-state index contributed by atoms with van der Waals surface area (Å²) in [4.78, 5) is 48.0. The van der Waals surface area contributed by atoms with Gasteiger partial charge in [0.1, 0.15) is 49.4 Å². The van der Waals surface area contributed by atoms with Crippen LogP contribution in [0.3, 0.4) is 0 Å². The van der Waals surface area contributed by atoms with Crippen LogP contribution in [-0.4, -0.2) is 76.7 Å². The van der Waals surface area contributed by atoms with Crippen LogP contribution in [0.4, 0.5) is 0 Å². The predicted molar refractivity (Wildman–Crippen MR) is 178 cm³/mol. The third kappa shape index (κ3) is 13.7. The molecule has 0 aromatic heterocycles. The molecule has 0 heterocycles. The van der Waals surface area contributed by atoms with Crippen molar-refractivity contribution in [2.45, 2.75) is 20.8 Å². The van der Waals surface area contributed by atoms with Gasteiger partial charge in [-0.3, -0.25) is 0 Å². The second kappa shape index (κ2) is 20.0. The van der Waals surface area contributed by atoms with E-state index in [1.165, 1.54) is 6.07 Å². The zero-order valence-corrected chi connectivity index (χ0v) is 27.8. The fourth-order valence-electron chi connectivity index (χ4n) is 3.77. The van der Waals surface area contributed by atoms with Crippen LogP contribution >= 0.6 is 0 Å². The SMILES string of the molecule is C=C(C)C(=O)OCCOCCOc1ccc(C(=O)Oc2ccc(OC(=O)c3ccc(OCCOCCOC(=O)C(=C)C)cc3)c(C)c2)cc1. The van der Waals surface area contributed by atoms with Crippen molar-refractivity contribution in [3.05, 3.63) is 108 Å². The molecule has 0 spiro atoms. The summed E-state index contributed by atoms with van der Waals surface area (Å²) in [6.45, 7) is 13.7. The highest BCUT2D eigenvalue weighted by atomic mass is 16.6. The van der Waals surface area contributed by atoms with E-state index in [-0.39, 0.29) is 58.6 Å². The number of hydrogen-bond acceptors (Lipinski definition) is 12. The summed E-state index contributed by atoms with van der Waals surface area (Å²) >= 11 is 0. The number of carbonyl (C=O) groups excluding carboxylic acids is 4. The Morgan fingerprint density at radius 1 is 0.531 bits per heavy atom. The van der Waals surface area contributed by atoms with Crippen molar-refractivity contribution in [1.29, 1.82) is 0 Å². The summed E-state index contributed by atoms with van der Waals surface area (Å²) in [5.41, 5.74) is 1.88. The predicted octanol–water partition coefficient (Wildman–Crippen LogP) is 5.46. The monoisotopic (exact) mass is 676 g/mol. The van der Waals surface area contributed by atoms with Gasteiger partial charge in [-0.05, 0) is 93.1 Å². The summed E-state index contributed by atoms with van der Waals surface area (Å²) in [6.07, 6.45) is 0. The van der Waals surface area contributed by atoms with Crippen LogP contribution in [-0.2, 0) is 28.5 Å². The van der Waals surface area contributed by atoms with Gasteiger partial charge in [0.05, 0.1) is 37.6 Å². The van der Waals surface area contributed by atoms with E-state index in [0.29, 0.717) is 45.1 Å². The Bertz CT molecular complexity index is 1590. The van der Waals surface area contributed by atoms with Gasteiger partial charge in [-0.1, -0.05) is 13.2 Å². The van der Waals surface area contributed by atoms with Gasteiger partial charge in [-0.25, -0.2) is 19.2 Å². The van der Waals surface area contributed by atoms with Crippen molar-refractivity contribution in [1.82, 2.24) is 0 Å². The number of rotatable bonds is 20. The summed E-state index contributed by atoms with van der Waals surface area (Å²) in [6, 6.07) is 17.6. The first-order chi connectivity index (χ1) is 23.5. The number of carbonyl (C=O) groups is 4. The Labute approximate surface area is 285 Å². The maximum absolute atomic E-state index is 12.7. The Morgan fingerprint density at radius 3 is 1.37 bits per heavy atom. The normalized spacial score (nSPS) is 10.4. The molecule has 12 nitrogen and oxygen atoms in total. The molecule has 0 aliphatic rings. The molecule has 12 heteroatoms. The van der Waals surface area contributed by atoms with Gasteiger partial charge in [-0.15, -0.1) is 0 Å². The highest BCUT2D eigenvalue weighted by Crippen LogP contribution is 2.26. The number of hydrogen-bond donors (Lipinski definition) is 0. The van der Waals surface area contributed by atoms with Crippen LogP contribution in [0.1, 0.15) is 40.1 Å². The minimum atomic E-state index is -0.568. The van der Waals surface area contributed by atoms with E-state index in [9.17, 15) is 19.2 Å². The van der Waals surface area contributed by atoms with E-state index in [4.69, 9.17) is 37.9 Å². The molecule has 0 fully saturated rings. The molecule has 0 bridgehead atoms. The first-order valence-corrected chi connectivity index (χ1v) is 15.3. The number of ether oxygens (including phenoxy) is 8. The quantitative estimate of drug-likeness (QED) is 0.0649. The smallest absolute Gasteiger partial charge is 0.343 e. The Hall–Kier alpha value is -5.46. The summed E-state index contributed by atoms with van der Waals surface area (Å²) in [5.74, 6) is -0.373. The van der Waals surface area contributed by atoms with Gasteiger partial charge in [0.15, 0.2) is 0 Å². The molecule has 0 unspecified atom stereocenters. The fraction of sp³-hybridized carbons (Fsp3) is 0.297. The van der Waals surface area contributed by atoms with E-state index in [1.54, 1.807) is 81.4 Å². The molecule has 49 heavy (non-hydrogen) atoms. The van der Waals surface area contributed by atoms with Gasteiger partial charge in [0.2, 0.25) is 0 Å². The molecule has 0 aliphatic carbocycles. The third-order valence-corrected chi connectivity index (χ3v) is 6.35. The lowest BCUT2D eigenvalue weighted by molar-refractivity contribution is -0.141. The Morgan fingerprint density at radius 2 is 0.939 bits per heavy atom. The first kappa shape index (κ1) is 38.0. The van der Waals surface area contributed by atoms with E-state index in [1.807, 2.05) is 0 Å². The van der Waals surface area contributed by atoms with Crippen molar-refractivity contribution in [3.8, 4) is 23.0 Å². The molecule has 3 rings (SSSR count). The lowest BCUT2D eigenvalue weighted by Crippen LogP contribution is -2.14. The standard InChI is InChI=1S/C37H40O12/c1-25(2)34(38)46-22-18-42-16-20-44-30-10-6-28(7-11-30)36(40)48-32-14-15-33(27(5)24-32)49-37(41)29-8-12-31(13-9-29)45-21-17-43-19-23-47-35(39)26(3)4/h6-15,24H,1,3,16-23H2,2,4-5H3. The zero-order valence-electron chi connectivity index (χ0n) is 27.8. The van der Waals surface area contributed by atoms with Crippen LogP contribution in [0.15, 0.2) is 91.0 Å². The highest BCUT2D eigenvalue weighted by Gasteiger charge is 2.14. The topological polar surface area (TPSA) is 142 Å². The van der Waals surface area contributed by atoms with Crippen molar-refractivity contribution in [2.24, 2.45) is 0 Å². The molecule has 0 saturated carbocycles. The molecule has 0 amide bonds. The maximum Gasteiger partial charge on any atom is 0.343 e. The van der Waals surface area contributed by atoms with Crippen LogP contribution in [0.25, 0.3) is 0 Å². The van der Waals surface area contributed by atoms with Crippen LogP contribution in [0.5, 0.6) is 23.0 Å². The van der Waals surface area contributed by atoms with E-state index >= 15 is 0 Å². The van der Waals surface area contributed by atoms with Crippen LogP contribution in [0.2, 0.25) is 0 Å². The Kier molecular flexibility index (Phi) is 15.5. The van der Waals surface area contributed by atoms with Crippen molar-refractivity contribution in [3.63, 3.8) is 0 Å². The van der Waals surface area contributed by atoms with E-state index in [0.717, 1.165) is 0 Å². The van der Waals surface area contributed by atoms with Gasteiger partial charge in [0.25, 0.3) is 0 Å². The number of esters is 4. The molecular formula is C37H40O12. The second-order valence-electron chi connectivity index (χ2n) is 10.5.